The summed E-state index contributed by atoms with van der Waals surface area (Å²) in [6.07, 6.45) is 1.25. The van der Waals surface area contributed by atoms with Gasteiger partial charge in [-0.15, -0.1) is 0 Å². The molecule has 0 fully saturated rings. The number of anilines is 1. The molecule has 1 aromatic rings. The van der Waals surface area contributed by atoms with E-state index in [0.29, 0.717) is 0 Å². The minimum Gasteiger partial charge on any atom is -0.393 e. The van der Waals surface area contributed by atoms with Crippen LogP contribution in [0.5, 0.6) is 0 Å². The number of nitrogens with two attached hydrogens (primary N) is 1. The Hall–Kier alpha value is -1.58. The van der Waals surface area contributed by atoms with Gasteiger partial charge < -0.3 is 5.73 Å². The second kappa shape index (κ2) is 5.99. The smallest absolute Gasteiger partial charge is 0.292 e. The van der Waals surface area contributed by atoms with Crippen molar-refractivity contribution in [3.63, 3.8) is 0 Å². The quantitative estimate of drug-likeness (QED) is 0.412. The standard InChI is InChI=1S/C6H6N2O2.C3H8/c7-5-3-1-2-4-6(5)8(9)10;1-3-2/h1-4H,7H2;3H2,1-2H3. The van der Waals surface area contributed by atoms with Crippen molar-refractivity contribution >= 4 is 11.4 Å². The maximum absolute atomic E-state index is 10.1. The molecule has 4 heteroatoms. The highest BCUT2D eigenvalue weighted by Crippen LogP contribution is 2.18. The molecule has 0 aliphatic carbocycles. The molecule has 13 heavy (non-hydrogen) atoms. The number of rotatable bonds is 1. The molecule has 0 heterocycles. The van der Waals surface area contributed by atoms with Crippen LogP contribution >= 0.6 is 0 Å². The molecular formula is C9H14N2O2. The molecule has 0 saturated heterocycles. The van der Waals surface area contributed by atoms with Gasteiger partial charge in [-0.05, 0) is 6.07 Å². The highest BCUT2D eigenvalue weighted by atomic mass is 16.6. The van der Waals surface area contributed by atoms with Crippen LogP contribution in [0.25, 0.3) is 0 Å². The first-order valence-electron chi connectivity index (χ1n) is 4.12. The van der Waals surface area contributed by atoms with E-state index in [2.05, 4.69) is 13.8 Å². The fourth-order valence-corrected chi connectivity index (χ4v) is 0.654. The van der Waals surface area contributed by atoms with Crippen LogP contribution in [0.2, 0.25) is 0 Å². The van der Waals surface area contributed by atoms with Gasteiger partial charge in [0.2, 0.25) is 0 Å². The Kier molecular flexibility index (Phi) is 5.27. The normalized spacial score (nSPS) is 8.46. The first kappa shape index (κ1) is 11.4. The van der Waals surface area contributed by atoms with Crippen LogP contribution in [0.1, 0.15) is 20.3 Å². The van der Waals surface area contributed by atoms with Gasteiger partial charge in [0.05, 0.1) is 4.92 Å². The Morgan fingerprint density at radius 1 is 1.38 bits per heavy atom. The lowest BCUT2D eigenvalue weighted by atomic mass is 10.3. The van der Waals surface area contributed by atoms with E-state index < -0.39 is 4.92 Å². The number of hydrogen-bond acceptors (Lipinski definition) is 3. The largest absolute Gasteiger partial charge is 0.393 e. The van der Waals surface area contributed by atoms with Crippen molar-refractivity contribution in [2.24, 2.45) is 0 Å². The molecule has 0 bridgehead atoms. The second-order valence-corrected chi connectivity index (χ2v) is 2.52. The Balaban J connectivity index is 0.000000424. The Labute approximate surface area is 77.5 Å². The zero-order valence-electron chi connectivity index (χ0n) is 7.86. The summed E-state index contributed by atoms with van der Waals surface area (Å²) in [7, 11) is 0. The van der Waals surface area contributed by atoms with Crippen LogP contribution in [0, 0.1) is 10.1 Å². The average Bonchev–Trinajstić information content (AvgIpc) is 2.06. The van der Waals surface area contributed by atoms with Crippen molar-refractivity contribution in [2.45, 2.75) is 20.3 Å². The van der Waals surface area contributed by atoms with Crippen LogP contribution in [-0.2, 0) is 0 Å². The molecular weight excluding hydrogens is 168 g/mol. The van der Waals surface area contributed by atoms with Crippen molar-refractivity contribution in [3.05, 3.63) is 34.4 Å². The summed E-state index contributed by atoms with van der Waals surface area (Å²) in [5, 5.41) is 10.1. The van der Waals surface area contributed by atoms with E-state index in [1.165, 1.54) is 18.6 Å². The first-order valence-corrected chi connectivity index (χ1v) is 4.12. The number of para-hydroxylation sites is 2. The maximum Gasteiger partial charge on any atom is 0.292 e. The topological polar surface area (TPSA) is 69.2 Å². The molecule has 2 N–H and O–H groups in total. The summed E-state index contributed by atoms with van der Waals surface area (Å²) >= 11 is 0. The minimum atomic E-state index is -0.505. The maximum atomic E-state index is 10.1. The summed E-state index contributed by atoms with van der Waals surface area (Å²) in [6, 6.07) is 6.10. The summed E-state index contributed by atoms with van der Waals surface area (Å²) in [4.78, 5) is 9.64. The van der Waals surface area contributed by atoms with E-state index in [4.69, 9.17) is 5.73 Å². The van der Waals surface area contributed by atoms with Crippen molar-refractivity contribution in [2.75, 3.05) is 5.73 Å². The van der Waals surface area contributed by atoms with Crippen molar-refractivity contribution in [1.29, 1.82) is 0 Å². The average molecular weight is 182 g/mol. The van der Waals surface area contributed by atoms with E-state index in [-0.39, 0.29) is 11.4 Å². The van der Waals surface area contributed by atoms with Gasteiger partial charge in [-0.25, -0.2) is 0 Å². The molecule has 4 nitrogen and oxygen atoms in total. The van der Waals surface area contributed by atoms with Crippen LogP contribution < -0.4 is 5.73 Å². The van der Waals surface area contributed by atoms with Gasteiger partial charge in [0.1, 0.15) is 5.69 Å². The lowest BCUT2D eigenvalue weighted by molar-refractivity contribution is -0.383. The Morgan fingerprint density at radius 3 is 2.15 bits per heavy atom. The Bertz CT molecular complexity index is 274. The highest BCUT2D eigenvalue weighted by Gasteiger charge is 2.07. The van der Waals surface area contributed by atoms with Crippen LogP contribution in [0.4, 0.5) is 11.4 Å². The molecule has 0 aliphatic rings. The predicted octanol–water partition coefficient (Wildman–Crippen LogP) is 2.59. The number of nitro groups is 1. The number of hydrogen-bond donors (Lipinski definition) is 1. The SMILES string of the molecule is CCC.Nc1ccccc1[N+](=O)[O-]. The van der Waals surface area contributed by atoms with E-state index in [1.807, 2.05) is 0 Å². The van der Waals surface area contributed by atoms with Crippen LogP contribution in [0.15, 0.2) is 24.3 Å². The number of nitro benzene ring substituents is 1. The third-order valence-corrected chi connectivity index (χ3v) is 1.13. The van der Waals surface area contributed by atoms with Crippen LogP contribution in [-0.4, -0.2) is 4.92 Å². The van der Waals surface area contributed by atoms with Crippen LogP contribution in [0.3, 0.4) is 0 Å². The number of nitrogen functional groups attached to an aromatic ring is 1. The van der Waals surface area contributed by atoms with Crippen molar-refractivity contribution in [3.8, 4) is 0 Å². The van der Waals surface area contributed by atoms with Gasteiger partial charge in [-0.3, -0.25) is 10.1 Å². The monoisotopic (exact) mass is 182 g/mol. The molecule has 0 aliphatic heterocycles. The third kappa shape index (κ3) is 4.10. The molecule has 0 atom stereocenters. The van der Waals surface area contributed by atoms with E-state index >= 15 is 0 Å². The summed E-state index contributed by atoms with van der Waals surface area (Å²) < 4.78 is 0. The number of nitrogens with zero attached hydrogens (tertiary/aromatic N) is 1. The molecule has 0 radical (unpaired) electrons. The van der Waals surface area contributed by atoms with E-state index in [9.17, 15) is 10.1 Å². The van der Waals surface area contributed by atoms with Gasteiger partial charge in [0, 0.05) is 6.07 Å². The summed E-state index contributed by atoms with van der Waals surface area (Å²) in [5.74, 6) is 0. The highest BCUT2D eigenvalue weighted by molar-refractivity contribution is 5.57. The first-order chi connectivity index (χ1) is 6.13. The predicted molar refractivity (Wildman–Crippen MR) is 53.5 cm³/mol. The zero-order chi connectivity index (χ0) is 10.3. The van der Waals surface area contributed by atoms with E-state index in [1.54, 1.807) is 12.1 Å². The summed E-state index contributed by atoms with van der Waals surface area (Å²) in [5.41, 5.74) is 5.44. The molecule has 0 unspecified atom stereocenters. The fraction of sp³-hybridized carbons (Fsp3) is 0.333. The lowest BCUT2D eigenvalue weighted by Gasteiger charge is -1.92. The molecule has 0 aromatic heterocycles. The molecule has 1 rings (SSSR count). The lowest BCUT2D eigenvalue weighted by Crippen LogP contribution is -1.93. The van der Waals surface area contributed by atoms with Crippen molar-refractivity contribution < 1.29 is 4.92 Å². The third-order valence-electron chi connectivity index (χ3n) is 1.13. The summed E-state index contributed by atoms with van der Waals surface area (Å²) in [6.45, 7) is 4.25. The molecule has 1 aromatic carbocycles. The van der Waals surface area contributed by atoms with Gasteiger partial charge in [0.25, 0.3) is 5.69 Å². The molecule has 0 amide bonds. The zero-order valence-corrected chi connectivity index (χ0v) is 7.86. The molecule has 72 valence electrons. The second-order valence-electron chi connectivity index (χ2n) is 2.52. The van der Waals surface area contributed by atoms with Gasteiger partial charge in [0.15, 0.2) is 0 Å². The minimum absolute atomic E-state index is 0.0394. The van der Waals surface area contributed by atoms with E-state index in [0.717, 1.165) is 0 Å². The fourth-order valence-electron chi connectivity index (χ4n) is 0.654. The van der Waals surface area contributed by atoms with Gasteiger partial charge in [-0.2, -0.15) is 0 Å². The molecule has 0 saturated carbocycles. The molecule has 0 spiro atoms. The van der Waals surface area contributed by atoms with Gasteiger partial charge >= 0.3 is 0 Å². The Morgan fingerprint density at radius 2 is 1.85 bits per heavy atom. The van der Waals surface area contributed by atoms with Gasteiger partial charge in [-0.1, -0.05) is 32.4 Å². The van der Waals surface area contributed by atoms with Crippen molar-refractivity contribution in [1.82, 2.24) is 0 Å². The number of benzene rings is 1.